The van der Waals surface area contributed by atoms with Crippen LogP contribution in [0.1, 0.15) is 39.3 Å². The van der Waals surface area contributed by atoms with Crippen LogP contribution in [0.25, 0.3) is 0 Å². The fourth-order valence-electron chi connectivity index (χ4n) is 1.47. The molecule has 2 N–H and O–H groups in total. The Kier molecular flexibility index (Phi) is 3.59. The van der Waals surface area contributed by atoms with E-state index in [0.717, 1.165) is 16.5 Å². The Labute approximate surface area is 108 Å². The van der Waals surface area contributed by atoms with E-state index in [9.17, 15) is 0 Å². The molecule has 0 aromatic carbocycles. The topological polar surface area (TPSA) is 37.0 Å². The van der Waals surface area contributed by atoms with E-state index in [0.29, 0.717) is 12.6 Å². The summed E-state index contributed by atoms with van der Waals surface area (Å²) in [4.78, 5) is 4.55. The maximum absolute atomic E-state index is 6.15. The summed E-state index contributed by atoms with van der Waals surface area (Å²) in [5.74, 6) is 0.933. The molecule has 0 spiro atoms. The highest BCUT2D eigenvalue weighted by Crippen LogP contribution is 2.25. The number of nitrogens with one attached hydrogen (secondary N) is 2. The number of halogens is 1. The van der Waals surface area contributed by atoms with Gasteiger partial charge in [0.25, 0.3) is 0 Å². The van der Waals surface area contributed by atoms with Crippen LogP contribution in [0, 0.1) is 0 Å². The summed E-state index contributed by atoms with van der Waals surface area (Å²) in [5, 5.41) is 7.51. The van der Waals surface area contributed by atoms with Crippen molar-refractivity contribution >= 4 is 17.4 Å². The van der Waals surface area contributed by atoms with Crippen molar-refractivity contribution in [2.75, 3.05) is 5.32 Å². The number of pyridine rings is 1. The SMILES string of the molecule is CC(C)(C)NCc1nc(NC2CC2)ccc1Cl. The summed E-state index contributed by atoms with van der Waals surface area (Å²) in [6.07, 6.45) is 2.50. The monoisotopic (exact) mass is 253 g/mol. The standard InChI is InChI=1S/C13H20ClN3/c1-13(2,3)15-8-11-10(14)6-7-12(17-11)16-9-4-5-9/h6-7,9,15H,4-5,8H2,1-3H3,(H,16,17). The molecule has 3 nitrogen and oxygen atoms in total. The van der Waals surface area contributed by atoms with Gasteiger partial charge in [-0.05, 0) is 45.7 Å². The highest BCUT2D eigenvalue weighted by Gasteiger charge is 2.21. The number of anilines is 1. The Morgan fingerprint density at radius 2 is 2.06 bits per heavy atom. The Bertz CT molecular complexity index is 394. The van der Waals surface area contributed by atoms with Gasteiger partial charge in [0.1, 0.15) is 5.82 Å². The van der Waals surface area contributed by atoms with Crippen LogP contribution in [-0.4, -0.2) is 16.6 Å². The van der Waals surface area contributed by atoms with Crippen molar-refractivity contribution in [3.63, 3.8) is 0 Å². The van der Waals surface area contributed by atoms with Crippen molar-refractivity contribution in [2.24, 2.45) is 0 Å². The summed E-state index contributed by atoms with van der Waals surface area (Å²) in [5.41, 5.74) is 0.984. The first-order valence-electron chi connectivity index (χ1n) is 6.11. The van der Waals surface area contributed by atoms with Gasteiger partial charge < -0.3 is 10.6 Å². The number of nitrogens with zero attached hydrogens (tertiary/aromatic N) is 1. The Morgan fingerprint density at radius 1 is 1.35 bits per heavy atom. The minimum Gasteiger partial charge on any atom is -0.367 e. The second-order valence-corrected chi connectivity index (χ2v) is 6.05. The number of hydrogen-bond acceptors (Lipinski definition) is 3. The Morgan fingerprint density at radius 3 is 2.65 bits per heavy atom. The smallest absolute Gasteiger partial charge is 0.126 e. The fraction of sp³-hybridized carbons (Fsp3) is 0.615. The molecule has 0 aliphatic heterocycles. The summed E-state index contributed by atoms with van der Waals surface area (Å²) < 4.78 is 0. The lowest BCUT2D eigenvalue weighted by Gasteiger charge is -2.20. The van der Waals surface area contributed by atoms with Crippen molar-refractivity contribution < 1.29 is 0 Å². The van der Waals surface area contributed by atoms with Crippen LogP contribution < -0.4 is 10.6 Å². The van der Waals surface area contributed by atoms with E-state index in [1.807, 2.05) is 12.1 Å². The molecular formula is C13H20ClN3. The molecular weight excluding hydrogens is 234 g/mol. The molecule has 1 heterocycles. The molecule has 0 saturated heterocycles. The highest BCUT2D eigenvalue weighted by atomic mass is 35.5. The van der Waals surface area contributed by atoms with Crippen LogP contribution in [0.3, 0.4) is 0 Å². The molecule has 0 unspecified atom stereocenters. The maximum Gasteiger partial charge on any atom is 0.126 e. The van der Waals surface area contributed by atoms with E-state index in [1.165, 1.54) is 12.8 Å². The molecule has 4 heteroatoms. The van der Waals surface area contributed by atoms with Crippen LogP contribution in [-0.2, 0) is 6.54 Å². The van der Waals surface area contributed by atoms with E-state index in [1.54, 1.807) is 0 Å². The second-order valence-electron chi connectivity index (χ2n) is 5.65. The second kappa shape index (κ2) is 4.83. The predicted molar refractivity (Wildman–Crippen MR) is 72.5 cm³/mol. The molecule has 0 atom stereocenters. The quantitative estimate of drug-likeness (QED) is 0.865. The molecule has 17 heavy (non-hydrogen) atoms. The molecule has 2 rings (SSSR count). The molecule has 1 aliphatic carbocycles. The first-order chi connectivity index (χ1) is 7.94. The lowest BCUT2D eigenvalue weighted by molar-refractivity contribution is 0.421. The van der Waals surface area contributed by atoms with Gasteiger partial charge in [0, 0.05) is 18.1 Å². The average molecular weight is 254 g/mol. The molecule has 0 bridgehead atoms. The Hall–Kier alpha value is -0.800. The lowest BCUT2D eigenvalue weighted by atomic mass is 10.1. The van der Waals surface area contributed by atoms with E-state index >= 15 is 0 Å². The third-order valence-electron chi connectivity index (χ3n) is 2.63. The number of hydrogen-bond donors (Lipinski definition) is 2. The molecule has 1 aromatic heterocycles. The molecule has 1 fully saturated rings. The van der Waals surface area contributed by atoms with E-state index in [2.05, 4.69) is 36.4 Å². The third kappa shape index (κ3) is 4.17. The van der Waals surface area contributed by atoms with Gasteiger partial charge in [0.15, 0.2) is 0 Å². The zero-order chi connectivity index (χ0) is 12.5. The minimum atomic E-state index is 0.0743. The number of aromatic nitrogens is 1. The molecule has 1 saturated carbocycles. The summed E-state index contributed by atoms with van der Waals surface area (Å²) in [7, 11) is 0. The molecule has 1 aliphatic rings. The average Bonchev–Trinajstić information content (AvgIpc) is 3.01. The van der Waals surface area contributed by atoms with Gasteiger partial charge in [-0.25, -0.2) is 4.98 Å². The van der Waals surface area contributed by atoms with Gasteiger partial charge in [0.2, 0.25) is 0 Å². The van der Waals surface area contributed by atoms with Crippen LogP contribution in [0.4, 0.5) is 5.82 Å². The summed E-state index contributed by atoms with van der Waals surface area (Å²) in [6, 6.07) is 4.48. The van der Waals surface area contributed by atoms with E-state index < -0.39 is 0 Å². The summed E-state index contributed by atoms with van der Waals surface area (Å²) >= 11 is 6.15. The fourth-order valence-corrected chi connectivity index (χ4v) is 1.65. The molecule has 0 radical (unpaired) electrons. The minimum absolute atomic E-state index is 0.0743. The normalized spacial score (nSPS) is 16.0. The zero-order valence-electron chi connectivity index (χ0n) is 10.7. The lowest BCUT2D eigenvalue weighted by Crippen LogP contribution is -2.35. The van der Waals surface area contributed by atoms with Crippen LogP contribution >= 0.6 is 11.6 Å². The predicted octanol–water partition coefficient (Wildman–Crippen LogP) is 3.20. The summed E-state index contributed by atoms with van der Waals surface area (Å²) in [6.45, 7) is 7.09. The van der Waals surface area contributed by atoms with Crippen LogP contribution in [0.2, 0.25) is 5.02 Å². The van der Waals surface area contributed by atoms with Gasteiger partial charge in [-0.2, -0.15) is 0 Å². The van der Waals surface area contributed by atoms with Crippen molar-refractivity contribution in [3.05, 3.63) is 22.8 Å². The van der Waals surface area contributed by atoms with E-state index in [4.69, 9.17) is 11.6 Å². The van der Waals surface area contributed by atoms with Crippen molar-refractivity contribution in [2.45, 2.75) is 51.7 Å². The van der Waals surface area contributed by atoms with Crippen molar-refractivity contribution in [1.82, 2.24) is 10.3 Å². The van der Waals surface area contributed by atoms with Gasteiger partial charge in [-0.15, -0.1) is 0 Å². The zero-order valence-corrected chi connectivity index (χ0v) is 11.4. The first-order valence-corrected chi connectivity index (χ1v) is 6.49. The largest absolute Gasteiger partial charge is 0.367 e. The van der Waals surface area contributed by atoms with E-state index in [-0.39, 0.29) is 5.54 Å². The Balaban J connectivity index is 2.03. The van der Waals surface area contributed by atoms with Crippen molar-refractivity contribution in [1.29, 1.82) is 0 Å². The number of rotatable bonds is 4. The highest BCUT2D eigenvalue weighted by molar-refractivity contribution is 6.31. The van der Waals surface area contributed by atoms with Crippen LogP contribution in [0.5, 0.6) is 0 Å². The molecule has 0 amide bonds. The molecule has 94 valence electrons. The third-order valence-corrected chi connectivity index (χ3v) is 2.98. The van der Waals surface area contributed by atoms with Gasteiger partial charge in [-0.1, -0.05) is 11.6 Å². The molecule has 1 aromatic rings. The van der Waals surface area contributed by atoms with Gasteiger partial charge in [-0.3, -0.25) is 0 Å². The van der Waals surface area contributed by atoms with Gasteiger partial charge in [0.05, 0.1) is 10.7 Å². The first kappa shape index (κ1) is 12.7. The maximum atomic E-state index is 6.15. The van der Waals surface area contributed by atoms with Crippen LogP contribution in [0.15, 0.2) is 12.1 Å². The van der Waals surface area contributed by atoms with Gasteiger partial charge >= 0.3 is 0 Å². The van der Waals surface area contributed by atoms with Crippen molar-refractivity contribution in [3.8, 4) is 0 Å².